The highest BCUT2D eigenvalue weighted by molar-refractivity contribution is 5.68. The lowest BCUT2D eigenvalue weighted by atomic mass is 9.92. The Hall–Kier alpha value is -1.01. The van der Waals surface area contributed by atoms with Crippen LogP contribution in [0.3, 0.4) is 0 Å². The first-order valence-electron chi connectivity index (χ1n) is 12.1. The second-order valence-corrected chi connectivity index (χ2v) is 10.4. The van der Waals surface area contributed by atoms with E-state index in [-0.39, 0.29) is 24.2 Å². The van der Waals surface area contributed by atoms with Gasteiger partial charge in [0, 0.05) is 38.8 Å². The number of fused-ring (bicyclic) bond motifs is 1. The number of hydrazine groups is 1. The number of rotatable bonds is 4. The Bertz CT molecular complexity index is 681. The fourth-order valence-corrected chi connectivity index (χ4v) is 5.63. The minimum Gasteiger partial charge on any atom is -0.443 e. The van der Waals surface area contributed by atoms with E-state index in [1.54, 1.807) is 0 Å². The van der Waals surface area contributed by atoms with Crippen LogP contribution in [-0.4, -0.2) is 97.0 Å². The largest absolute Gasteiger partial charge is 0.443 e. The van der Waals surface area contributed by atoms with Gasteiger partial charge in [-0.15, -0.1) is 0 Å². The molecular formula is C21H36N6O4. The van der Waals surface area contributed by atoms with Gasteiger partial charge in [-0.2, -0.15) is 5.48 Å². The Morgan fingerprint density at radius 3 is 2.58 bits per heavy atom. The van der Waals surface area contributed by atoms with E-state index in [0.717, 1.165) is 71.6 Å². The van der Waals surface area contributed by atoms with Crippen molar-refractivity contribution in [2.24, 2.45) is 11.8 Å². The van der Waals surface area contributed by atoms with Crippen molar-refractivity contribution in [1.29, 1.82) is 0 Å². The summed E-state index contributed by atoms with van der Waals surface area (Å²) in [7, 11) is 0. The third-order valence-electron chi connectivity index (χ3n) is 8.18. The summed E-state index contributed by atoms with van der Waals surface area (Å²) in [6, 6.07) is 1.03. The fraction of sp³-hybridized carbons (Fsp3) is 0.952. The molecular weight excluding hydrogens is 400 g/mol. The molecule has 5 saturated heterocycles. The number of piperidine rings is 2. The molecule has 6 fully saturated rings. The molecule has 0 bridgehead atoms. The number of hydroxylamine groups is 1. The highest BCUT2D eigenvalue weighted by Crippen LogP contribution is 2.39. The van der Waals surface area contributed by atoms with Gasteiger partial charge in [-0.25, -0.2) is 9.80 Å². The van der Waals surface area contributed by atoms with Gasteiger partial charge in [-0.3, -0.25) is 20.5 Å². The van der Waals surface area contributed by atoms with Gasteiger partial charge in [0.1, 0.15) is 5.60 Å². The van der Waals surface area contributed by atoms with E-state index in [0.29, 0.717) is 23.9 Å². The Morgan fingerprint density at radius 2 is 1.87 bits per heavy atom. The van der Waals surface area contributed by atoms with Gasteiger partial charge < -0.3 is 14.4 Å². The lowest BCUT2D eigenvalue weighted by molar-refractivity contribution is -0.120. The Labute approximate surface area is 183 Å². The van der Waals surface area contributed by atoms with Gasteiger partial charge in [-0.1, -0.05) is 0 Å². The van der Waals surface area contributed by atoms with Crippen molar-refractivity contribution in [2.75, 3.05) is 45.9 Å². The number of amides is 1. The van der Waals surface area contributed by atoms with E-state index in [4.69, 9.17) is 14.3 Å². The van der Waals surface area contributed by atoms with Gasteiger partial charge in [0.05, 0.1) is 25.4 Å². The molecule has 10 nitrogen and oxygen atoms in total. The van der Waals surface area contributed by atoms with E-state index in [1.807, 2.05) is 11.8 Å². The smallest absolute Gasteiger partial charge is 0.410 e. The van der Waals surface area contributed by atoms with Gasteiger partial charge >= 0.3 is 6.09 Å². The molecule has 6 rings (SSSR count). The predicted molar refractivity (Wildman–Crippen MR) is 111 cm³/mol. The Balaban J connectivity index is 0.986. The third-order valence-corrected chi connectivity index (χ3v) is 8.18. The van der Waals surface area contributed by atoms with Crippen molar-refractivity contribution >= 4 is 6.09 Å². The van der Waals surface area contributed by atoms with Crippen molar-refractivity contribution in [3.8, 4) is 0 Å². The van der Waals surface area contributed by atoms with Crippen molar-refractivity contribution in [2.45, 2.75) is 69.2 Å². The number of hydrogen-bond acceptors (Lipinski definition) is 9. The number of nitrogens with one attached hydrogen (secondary N) is 3. The maximum atomic E-state index is 12.4. The summed E-state index contributed by atoms with van der Waals surface area (Å²) < 4.78 is 11.0. The maximum absolute atomic E-state index is 12.4. The first-order chi connectivity index (χ1) is 15.1. The number of carbonyl (C=O) groups excluding carboxylic acids is 1. The summed E-state index contributed by atoms with van der Waals surface area (Å²) in [5.74, 6) is 1.16. The average molecular weight is 437 g/mol. The van der Waals surface area contributed by atoms with E-state index in [2.05, 4.69) is 26.1 Å². The first-order valence-corrected chi connectivity index (χ1v) is 12.1. The molecule has 10 heteroatoms. The molecule has 1 amide bonds. The zero-order chi connectivity index (χ0) is 21.0. The van der Waals surface area contributed by atoms with E-state index >= 15 is 0 Å². The van der Waals surface area contributed by atoms with Crippen molar-refractivity contribution in [3.63, 3.8) is 0 Å². The average Bonchev–Trinajstić information content (AvgIpc) is 3.15. The molecule has 5 heterocycles. The fourth-order valence-electron chi connectivity index (χ4n) is 5.63. The van der Waals surface area contributed by atoms with E-state index in [1.165, 1.54) is 6.42 Å². The first kappa shape index (κ1) is 20.6. The lowest BCUT2D eigenvalue weighted by Gasteiger charge is -2.43. The standard InChI is InChI=1S/C21H36N6O4/c1-21(5-6-21)30-20(28)25-7-2-14(3-8-25)18-23-19(31-24-18)26-9-4-15-10-22-27(17(15)11-26)16-12-29-13-16/h14-19,22-24H,2-13H2,1H3. The summed E-state index contributed by atoms with van der Waals surface area (Å²) in [5.41, 5.74) is 6.65. The van der Waals surface area contributed by atoms with Gasteiger partial charge in [0.25, 0.3) is 0 Å². The maximum Gasteiger partial charge on any atom is 0.410 e. The van der Waals surface area contributed by atoms with Crippen LogP contribution in [0.2, 0.25) is 0 Å². The highest BCUT2D eigenvalue weighted by Gasteiger charge is 2.46. The molecule has 174 valence electrons. The van der Waals surface area contributed by atoms with Crippen LogP contribution in [0.4, 0.5) is 4.79 Å². The topological polar surface area (TPSA) is 90.6 Å². The van der Waals surface area contributed by atoms with Crippen LogP contribution in [0.15, 0.2) is 0 Å². The second-order valence-electron chi connectivity index (χ2n) is 10.4. The van der Waals surface area contributed by atoms with Crippen LogP contribution in [0.1, 0.15) is 39.0 Å². The molecule has 1 aliphatic carbocycles. The van der Waals surface area contributed by atoms with E-state index < -0.39 is 0 Å². The highest BCUT2D eigenvalue weighted by atomic mass is 16.7. The van der Waals surface area contributed by atoms with Gasteiger partial charge in [-0.05, 0) is 50.9 Å². The molecule has 0 radical (unpaired) electrons. The molecule has 4 atom stereocenters. The van der Waals surface area contributed by atoms with Gasteiger partial charge in [0.15, 0.2) is 6.35 Å². The second kappa shape index (κ2) is 8.09. The molecule has 0 aromatic carbocycles. The summed E-state index contributed by atoms with van der Waals surface area (Å²) in [4.78, 5) is 22.6. The van der Waals surface area contributed by atoms with E-state index in [9.17, 15) is 4.79 Å². The molecule has 4 unspecified atom stereocenters. The van der Waals surface area contributed by atoms with Crippen molar-refractivity contribution in [3.05, 3.63) is 0 Å². The Kier molecular flexibility index (Phi) is 5.37. The molecule has 5 aliphatic heterocycles. The monoisotopic (exact) mass is 436 g/mol. The zero-order valence-corrected chi connectivity index (χ0v) is 18.4. The molecule has 0 aromatic heterocycles. The van der Waals surface area contributed by atoms with Crippen LogP contribution < -0.4 is 16.2 Å². The lowest BCUT2D eigenvalue weighted by Crippen LogP contribution is -2.61. The molecule has 3 N–H and O–H groups in total. The molecule has 6 aliphatic rings. The minimum absolute atomic E-state index is 0.0937. The molecule has 1 saturated carbocycles. The van der Waals surface area contributed by atoms with Crippen molar-refractivity contribution in [1.82, 2.24) is 31.0 Å². The summed E-state index contributed by atoms with van der Waals surface area (Å²) in [6.45, 7) is 8.33. The Morgan fingerprint density at radius 1 is 1.10 bits per heavy atom. The van der Waals surface area contributed by atoms with Crippen LogP contribution >= 0.6 is 0 Å². The number of nitrogens with zero attached hydrogens (tertiary/aromatic N) is 3. The summed E-state index contributed by atoms with van der Waals surface area (Å²) in [5, 5.41) is 6.11. The molecule has 31 heavy (non-hydrogen) atoms. The quantitative estimate of drug-likeness (QED) is 0.565. The van der Waals surface area contributed by atoms with Crippen LogP contribution in [0.25, 0.3) is 0 Å². The third kappa shape index (κ3) is 4.07. The SMILES string of the molecule is CC1(OC(=O)N2CCC(C3NOC(N4CCC5CNN(C6COC6)C5C4)N3)CC2)CC1. The van der Waals surface area contributed by atoms with Crippen molar-refractivity contribution < 1.29 is 19.1 Å². The number of ether oxygens (including phenoxy) is 2. The number of likely N-dealkylation sites (tertiary alicyclic amines) is 2. The predicted octanol–water partition coefficient (Wildman–Crippen LogP) is 0.0311. The van der Waals surface area contributed by atoms with Crippen LogP contribution in [0, 0.1) is 11.8 Å². The zero-order valence-electron chi connectivity index (χ0n) is 18.4. The number of carbonyl (C=O) groups is 1. The minimum atomic E-state index is -0.201. The number of hydrogen-bond donors (Lipinski definition) is 3. The summed E-state index contributed by atoms with van der Waals surface area (Å²) in [6.07, 6.45) is 4.97. The normalized spacial score (nSPS) is 39.3. The molecule has 0 spiro atoms. The molecule has 0 aromatic rings. The van der Waals surface area contributed by atoms with Crippen LogP contribution in [-0.2, 0) is 14.3 Å². The van der Waals surface area contributed by atoms with Crippen LogP contribution in [0.5, 0.6) is 0 Å². The summed E-state index contributed by atoms with van der Waals surface area (Å²) >= 11 is 0. The van der Waals surface area contributed by atoms with Gasteiger partial charge in [0.2, 0.25) is 0 Å².